The second kappa shape index (κ2) is 2.93. The second-order valence-electron chi connectivity index (χ2n) is 2.72. The molecule has 0 unspecified atom stereocenters. The van der Waals surface area contributed by atoms with Crippen molar-refractivity contribution in [3.8, 4) is 0 Å². The van der Waals surface area contributed by atoms with Gasteiger partial charge < -0.3 is 0 Å². The fourth-order valence-electron chi connectivity index (χ4n) is 1.02. The average Bonchev–Trinajstić information content (AvgIpc) is 1.97. The highest BCUT2D eigenvalue weighted by atomic mass is 15.5. The fraction of sp³-hybridized carbons (Fsp3) is 0.333. The van der Waals surface area contributed by atoms with Crippen LogP contribution in [0.3, 0.4) is 0 Å². The third kappa shape index (κ3) is 1.52. The molecule has 0 atom stereocenters. The zero-order chi connectivity index (χ0) is 8.43. The fourth-order valence-corrected chi connectivity index (χ4v) is 1.02. The lowest BCUT2D eigenvalue weighted by Crippen LogP contribution is -2.30. The average molecular weight is 150 g/mol. The van der Waals surface area contributed by atoms with Crippen LogP contribution in [0.15, 0.2) is 35.7 Å². The smallest absolute Gasteiger partial charge is 0.0501 e. The van der Waals surface area contributed by atoms with Gasteiger partial charge in [-0.3, -0.25) is 5.01 Å². The lowest BCUT2D eigenvalue weighted by molar-refractivity contribution is 0.380. The van der Waals surface area contributed by atoms with Gasteiger partial charge >= 0.3 is 0 Å². The van der Waals surface area contributed by atoms with Gasteiger partial charge in [0.15, 0.2) is 0 Å². The minimum Gasteiger partial charge on any atom is -0.285 e. The molecular formula is C9H14N2. The van der Waals surface area contributed by atoms with Crippen LogP contribution in [0.4, 0.5) is 0 Å². The van der Waals surface area contributed by atoms with Crippen molar-refractivity contribution < 1.29 is 0 Å². The predicted octanol–water partition coefficient (Wildman–Crippen LogP) is 1.80. The van der Waals surface area contributed by atoms with Crippen LogP contribution in [0, 0.1) is 0 Å². The Hall–Kier alpha value is -1.02. The molecule has 0 amide bonds. The van der Waals surface area contributed by atoms with E-state index >= 15 is 0 Å². The first-order valence-corrected chi connectivity index (χ1v) is 3.67. The minimum absolute atomic E-state index is 0.982. The van der Waals surface area contributed by atoms with Crippen LogP contribution in [0.1, 0.15) is 13.8 Å². The Morgan fingerprint density at radius 1 is 1.36 bits per heavy atom. The van der Waals surface area contributed by atoms with Crippen molar-refractivity contribution in [1.82, 2.24) is 10.4 Å². The number of hydrazine groups is 1. The lowest BCUT2D eigenvalue weighted by atomic mass is 10.1. The molecule has 0 saturated carbocycles. The summed E-state index contributed by atoms with van der Waals surface area (Å²) in [5, 5.41) is 1.91. The van der Waals surface area contributed by atoms with Gasteiger partial charge in [0.1, 0.15) is 0 Å². The van der Waals surface area contributed by atoms with Gasteiger partial charge in [0, 0.05) is 13.2 Å². The number of allylic oxidation sites excluding steroid dienone is 3. The van der Waals surface area contributed by atoms with E-state index in [2.05, 4.69) is 31.9 Å². The molecule has 0 bridgehead atoms. The van der Waals surface area contributed by atoms with Crippen molar-refractivity contribution in [3.63, 3.8) is 0 Å². The summed E-state index contributed by atoms with van der Waals surface area (Å²) in [4.78, 5) is 0. The summed E-state index contributed by atoms with van der Waals surface area (Å²) in [5.74, 6) is 0. The zero-order valence-electron chi connectivity index (χ0n) is 7.31. The van der Waals surface area contributed by atoms with E-state index in [0.29, 0.717) is 0 Å². The standard InChI is InChI=1S/C9H14N2/c1-7-5-9(3)11(10-4)6-8(7)2/h5-6,10H,3H2,1-2,4H3. The maximum absolute atomic E-state index is 3.89. The van der Waals surface area contributed by atoms with Crippen LogP contribution >= 0.6 is 0 Å². The van der Waals surface area contributed by atoms with Crippen molar-refractivity contribution in [2.75, 3.05) is 7.05 Å². The summed E-state index contributed by atoms with van der Waals surface area (Å²) in [7, 11) is 1.88. The van der Waals surface area contributed by atoms with Crippen molar-refractivity contribution in [2.45, 2.75) is 13.8 Å². The number of rotatable bonds is 1. The maximum atomic E-state index is 3.89. The molecule has 1 heterocycles. The molecule has 0 aromatic heterocycles. The zero-order valence-corrected chi connectivity index (χ0v) is 7.31. The lowest BCUT2D eigenvalue weighted by Gasteiger charge is -2.24. The summed E-state index contributed by atoms with van der Waals surface area (Å²) in [6.07, 6.45) is 4.10. The van der Waals surface area contributed by atoms with Crippen molar-refractivity contribution in [1.29, 1.82) is 0 Å². The monoisotopic (exact) mass is 150 g/mol. The highest BCUT2D eigenvalue weighted by molar-refractivity contribution is 5.37. The molecule has 0 aliphatic carbocycles. The molecule has 0 aromatic rings. The van der Waals surface area contributed by atoms with Gasteiger partial charge in [-0.25, -0.2) is 5.43 Å². The largest absolute Gasteiger partial charge is 0.285 e. The normalized spacial score (nSPS) is 18.1. The SMILES string of the molecule is C=C1C=C(C)C(C)=CN1NC. The highest BCUT2D eigenvalue weighted by Gasteiger charge is 2.07. The van der Waals surface area contributed by atoms with Gasteiger partial charge in [0.2, 0.25) is 0 Å². The first-order chi connectivity index (χ1) is 5.15. The van der Waals surface area contributed by atoms with Gasteiger partial charge in [0.25, 0.3) is 0 Å². The van der Waals surface area contributed by atoms with Gasteiger partial charge in [-0.2, -0.15) is 0 Å². The molecule has 2 heteroatoms. The summed E-state index contributed by atoms with van der Waals surface area (Å²) in [6, 6.07) is 0. The molecule has 1 N–H and O–H groups in total. The van der Waals surface area contributed by atoms with Gasteiger partial charge in [-0.05, 0) is 31.1 Å². The summed E-state index contributed by atoms with van der Waals surface area (Å²) >= 11 is 0. The van der Waals surface area contributed by atoms with Crippen LogP contribution in [0.2, 0.25) is 0 Å². The number of nitrogens with zero attached hydrogens (tertiary/aromatic N) is 1. The van der Waals surface area contributed by atoms with E-state index < -0.39 is 0 Å². The van der Waals surface area contributed by atoms with E-state index in [9.17, 15) is 0 Å². The van der Waals surface area contributed by atoms with Crippen LogP contribution in [-0.4, -0.2) is 12.1 Å². The Morgan fingerprint density at radius 2 is 2.00 bits per heavy atom. The van der Waals surface area contributed by atoms with Crippen molar-refractivity contribution in [2.24, 2.45) is 0 Å². The predicted molar refractivity (Wildman–Crippen MR) is 47.6 cm³/mol. The molecule has 1 aliphatic heterocycles. The second-order valence-corrected chi connectivity index (χ2v) is 2.72. The molecule has 0 aromatic carbocycles. The van der Waals surface area contributed by atoms with E-state index in [1.807, 2.05) is 18.3 Å². The minimum atomic E-state index is 0.982. The van der Waals surface area contributed by atoms with E-state index in [1.165, 1.54) is 11.1 Å². The van der Waals surface area contributed by atoms with E-state index in [4.69, 9.17) is 0 Å². The summed E-state index contributed by atoms with van der Waals surface area (Å²) in [5.41, 5.74) is 6.55. The first kappa shape index (κ1) is 8.08. The number of hydrogen-bond acceptors (Lipinski definition) is 2. The molecule has 0 saturated heterocycles. The molecule has 1 rings (SSSR count). The molecule has 0 radical (unpaired) electrons. The molecule has 1 aliphatic rings. The van der Waals surface area contributed by atoms with E-state index in [-0.39, 0.29) is 0 Å². The van der Waals surface area contributed by atoms with E-state index in [0.717, 1.165) is 5.70 Å². The van der Waals surface area contributed by atoms with Crippen LogP contribution in [0.25, 0.3) is 0 Å². The van der Waals surface area contributed by atoms with Gasteiger partial charge in [-0.1, -0.05) is 6.58 Å². The molecular weight excluding hydrogens is 136 g/mol. The molecule has 0 fully saturated rings. The maximum Gasteiger partial charge on any atom is 0.0501 e. The highest BCUT2D eigenvalue weighted by Crippen LogP contribution is 2.18. The Morgan fingerprint density at radius 3 is 2.55 bits per heavy atom. The molecule has 2 nitrogen and oxygen atoms in total. The van der Waals surface area contributed by atoms with E-state index in [1.54, 1.807) is 0 Å². The molecule has 60 valence electrons. The third-order valence-electron chi connectivity index (χ3n) is 1.88. The van der Waals surface area contributed by atoms with Gasteiger partial charge in [-0.15, -0.1) is 0 Å². The molecule has 0 spiro atoms. The van der Waals surface area contributed by atoms with Crippen LogP contribution < -0.4 is 5.43 Å². The Kier molecular flexibility index (Phi) is 2.15. The summed E-state index contributed by atoms with van der Waals surface area (Å²) in [6.45, 7) is 8.07. The first-order valence-electron chi connectivity index (χ1n) is 3.67. The van der Waals surface area contributed by atoms with Crippen molar-refractivity contribution >= 4 is 0 Å². The van der Waals surface area contributed by atoms with Crippen molar-refractivity contribution in [3.05, 3.63) is 35.7 Å². The van der Waals surface area contributed by atoms with Crippen LogP contribution in [-0.2, 0) is 0 Å². The van der Waals surface area contributed by atoms with Crippen LogP contribution in [0.5, 0.6) is 0 Å². The quantitative estimate of drug-likeness (QED) is 0.613. The Bertz CT molecular complexity index is 236. The summed E-state index contributed by atoms with van der Waals surface area (Å²) < 4.78 is 0. The number of hydrogen-bond donors (Lipinski definition) is 1. The number of nitrogens with one attached hydrogen (secondary N) is 1. The molecule has 11 heavy (non-hydrogen) atoms. The Labute approximate surface area is 67.9 Å². The topological polar surface area (TPSA) is 15.3 Å². The Balaban J connectivity index is 2.88. The van der Waals surface area contributed by atoms with Gasteiger partial charge in [0.05, 0.1) is 5.70 Å². The third-order valence-corrected chi connectivity index (χ3v) is 1.88.